The second-order valence-electron chi connectivity index (χ2n) is 4.60. The number of carbonyl (C=O) groups is 2. The van der Waals surface area contributed by atoms with Crippen molar-refractivity contribution in [3.63, 3.8) is 0 Å². The Morgan fingerprint density at radius 2 is 1.82 bits per heavy atom. The molecule has 0 spiro atoms. The van der Waals surface area contributed by atoms with Gasteiger partial charge in [-0.2, -0.15) is 0 Å². The molecule has 0 radical (unpaired) electrons. The van der Waals surface area contributed by atoms with Gasteiger partial charge in [0.2, 0.25) is 5.91 Å². The van der Waals surface area contributed by atoms with Crippen molar-refractivity contribution < 1.29 is 14.7 Å². The standard InChI is InChI=1S/C13H17NO3/c1-13(2,9-8-11(15)16)12(17)14-10-6-4-3-5-7-10/h3-7H,8-9H2,1-2H3,(H,14,17)(H,15,16). The first kappa shape index (κ1) is 13.2. The lowest BCUT2D eigenvalue weighted by atomic mass is 9.86. The zero-order valence-electron chi connectivity index (χ0n) is 10.1. The van der Waals surface area contributed by atoms with Crippen LogP contribution in [-0.4, -0.2) is 17.0 Å². The number of carbonyl (C=O) groups excluding carboxylic acids is 1. The van der Waals surface area contributed by atoms with Crippen molar-refractivity contribution in [3.8, 4) is 0 Å². The van der Waals surface area contributed by atoms with Gasteiger partial charge in [-0.25, -0.2) is 0 Å². The van der Waals surface area contributed by atoms with E-state index in [0.29, 0.717) is 6.42 Å². The average molecular weight is 235 g/mol. The number of benzene rings is 1. The van der Waals surface area contributed by atoms with Crippen molar-refractivity contribution in [1.29, 1.82) is 0 Å². The smallest absolute Gasteiger partial charge is 0.303 e. The van der Waals surface area contributed by atoms with Gasteiger partial charge in [-0.05, 0) is 18.6 Å². The molecule has 0 fully saturated rings. The molecule has 0 heterocycles. The third-order valence-electron chi connectivity index (χ3n) is 2.61. The summed E-state index contributed by atoms with van der Waals surface area (Å²) in [6, 6.07) is 9.13. The van der Waals surface area contributed by atoms with Gasteiger partial charge in [0, 0.05) is 17.5 Å². The van der Waals surface area contributed by atoms with Gasteiger partial charge in [0.05, 0.1) is 0 Å². The van der Waals surface area contributed by atoms with Crippen LogP contribution in [0.1, 0.15) is 26.7 Å². The van der Waals surface area contributed by atoms with Gasteiger partial charge >= 0.3 is 5.97 Å². The fourth-order valence-electron chi connectivity index (χ4n) is 1.35. The summed E-state index contributed by atoms with van der Waals surface area (Å²) in [7, 11) is 0. The third kappa shape index (κ3) is 4.26. The zero-order valence-corrected chi connectivity index (χ0v) is 10.1. The highest BCUT2D eigenvalue weighted by Crippen LogP contribution is 2.24. The van der Waals surface area contributed by atoms with Crippen LogP contribution >= 0.6 is 0 Å². The van der Waals surface area contributed by atoms with Crippen LogP contribution in [0.25, 0.3) is 0 Å². The molecule has 1 aromatic carbocycles. The molecule has 0 bridgehead atoms. The molecule has 1 amide bonds. The molecule has 4 nitrogen and oxygen atoms in total. The maximum absolute atomic E-state index is 11.9. The molecule has 0 aromatic heterocycles. The quantitative estimate of drug-likeness (QED) is 0.824. The van der Waals surface area contributed by atoms with Gasteiger partial charge in [-0.3, -0.25) is 9.59 Å². The van der Waals surface area contributed by atoms with Crippen molar-refractivity contribution in [3.05, 3.63) is 30.3 Å². The van der Waals surface area contributed by atoms with E-state index in [4.69, 9.17) is 5.11 Å². The molecule has 0 atom stereocenters. The number of nitrogens with one attached hydrogen (secondary N) is 1. The maximum atomic E-state index is 11.9. The lowest BCUT2D eigenvalue weighted by Gasteiger charge is -2.22. The van der Waals surface area contributed by atoms with E-state index >= 15 is 0 Å². The number of hydrogen-bond acceptors (Lipinski definition) is 2. The summed E-state index contributed by atoms with van der Waals surface area (Å²) in [5.74, 6) is -1.05. The van der Waals surface area contributed by atoms with Gasteiger partial charge in [-0.15, -0.1) is 0 Å². The van der Waals surface area contributed by atoms with Crippen LogP contribution in [0.2, 0.25) is 0 Å². The number of carboxylic acid groups (broad SMARTS) is 1. The summed E-state index contributed by atoms with van der Waals surface area (Å²) in [5.41, 5.74) is 0.0368. The predicted molar refractivity (Wildman–Crippen MR) is 65.7 cm³/mol. The number of rotatable bonds is 5. The summed E-state index contributed by atoms with van der Waals surface area (Å²) in [6.07, 6.45) is 0.316. The summed E-state index contributed by atoms with van der Waals surface area (Å²) >= 11 is 0. The van der Waals surface area contributed by atoms with Crippen LogP contribution in [0, 0.1) is 5.41 Å². The van der Waals surface area contributed by atoms with Gasteiger partial charge in [0.15, 0.2) is 0 Å². The van der Waals surface area contributed by atoms with Crippen molar-refractivity contribution in [1.82, 2.24) is 0 Å². The molecule has 0 saturated heterocycles. The molecule has 0 aliphatic rings. The molecule has 0 unspecified atom stereocenters. The maximum Gasteiger partial charge on any atom is 0.303 e. The fraction of sp³-hybridized carbons (Fsp3) is 0.385. The topological polar surface area (TPSA) is 66.4 Å². The molecule has 2 N–H and O–H groups in total. The van der Waals surface area contributed by atoms with E-state index in [-0.39, 0.29) is 12.3 Å². The highest BCUT2D eigenvalue weighted by Gasteiger charge is 2.28. The lowest BCUT2D eigenvalue weighted by Crippen LogP contribution is -2.31. The molecule has 4 heteroatoms. The predicted octanol–water partition coefficient (Wildman–Crippen LogP) is 2.52. The molecular weight excluding hydrogens is 218 g/mol. The molecule has 0 aliphatic carbocycles. The first-order chi connectivity index (χ1) is 7.92. The van der Waals surface area contributed by atoms with Gasteiger partial charge < -0.3 is 10.4 Å². The Morgan fingerprint density at radius 1 is 1.24 bits per heavy atom. The van der Waals surface area contributed by atoms with E-state index < -0.39 is 11.4 Å². The van der Waals surface area contributed by atoms with E-state index in [2.05, 4.69) is 5.32 Å². The number of hydrogen-bond donors (Lipinski definition) is 2. The molecule has 0 saturated carbocycles. The molecule has 1 rings (SSSR count). The van der Waals surface area contributed by atoms with E-state index in [1.165, 1.54) is 0 Å². The van der Waals surface area contributed by atoms with Crippen LogP contribution in [-0.2, 0) is 9.59 Å². The molecule has 0 aliphatic heterocycles. The van der Waals surface area contributed by atoms with E-state index in [1.807, 2.05) is 18.2 Å². The van der Waals surface area contributed by atoms with Crippen LogP contribution < -0.4 is 5.32 Å². The second-order valence-corrected chi connectivity index (χ2v) is 4.60. The first-order valence-electron chi connectivity index (χ1n) is 5.50. The van der Waals surface area contributed by atoms with Crippen LogP contribution in [0.5, 0.6) is 0 Å². The Bertz CT molecular complexity index is 398. The Hall–Kier alpha value is -1.84. The highest BCUT2D eigenvalue weighted by atomic mass is 16.4. The Kier molecular flexibility index (Phi) is 4.26. The van der Waals surface area contributed by atoms with Crippen LogP contribution in [0.3, 0.4) is 0 Å². The van der Waals surface area contributed by atoms with Crippen molar-refractivity contribution in [2.45, 2.75) is 26.7 Å². The number of aliphatic carboxylic acids is 1. The highest BCUT2D eigenvalue weighted by molar-refractivity contribution is 5.94. The summed E-state index contributed by atoms with van der Waals surface area (Å²) in [5, 5.41) is 11.4. The van der Waals surface area contributed by atoms with E-state index in [1.54, 1.807) is 26.0 Å². The minimum absolute atomic E-state index is 0.00475. The minimum atomic E-state index is -0.884. The van der Waals surface area contributed by atoms with E-state index in [9.17, 15) is 9.59 Å². The van der Waals surface area contributed by atoms with Gasteiger partial charge in [0.1, 0.15) is 0 Å². The molecular formula is C13H17NO3. The molecule has 17 heavy (non-hydrogen) atoms. The Balaban J connectivity index is 2.60. The summed E-state index contributed by atoms with van der Waals surface area (Å²) in [6.45, 7) is 3.49. The average Bonchev–Trinajstić information content (AvgIpc) is 2.28. The number of anilines is 1. The summed E-state index contributed by atoms with van der Waals surface area (Å²) in [4.78, 5) is 22.4. The number of amides is 1. The van der Waals surface area contributed by atoms with Gasteiger partial charge in [0.25, 0.3) is 0 Å². The van der Waals surface area contributed by atoms with E-state index in [0.717, 1.165) is 5.69 Å². The van der Waals surface area contributed by atoms with Crippen molar-refractivity contribution >= 4 is 17.6 Å². The minimum Gasteiger partial charge on any atom is -0.481 e. The third-order valence-corrected chi connectivity index (χ3v) is 2.61. The van der Waals surface area contributed by atoms with Gasteiger partial charge in [-0.1, -0.05) is 32.0 Å². The normalized spacial score (nSPS) is 10.9. The number of para-hydroxylation sites is 1. The molecule has 1 aromatic rings. The summed E-state index contributed by atoms with van der Waals surface area (Å²) < 4.78 is 0. The second kappa shape index (κ2) is 5.48. The van der Waals surface area contributed by atoms with Crippen LogP contribution in [0.4, 0.5) is 5.69 Å². The lowest BCUT2D eigenvalue weighted by molar-refractivity contribution is -0.138. The zero-order chi connectivity index (χ0) is 12.9. The monoisotopic (exact) mass is 235 g/mol. The van der Waals surface area contributed by atoms with Crippen molar-refractivity contribution in [2.75, 3.05) is 5.32 Å². The number of carboxylic acids is 1. The first-order valence-corrected chi connectivity index (χ1v) is 5.50. The van der Waals surface area contributed by atoms with Crippen molar-refractivity contribution in [2.24, 2.45) is 5.41 Å². The van der Waals surface area contributed by atoms with Crippen LogP contribution in [0.15, 0.2) is 30.3 Å². The SMILES string of the molecule is CC(C)(CCC(=O)O)C(=O)Nc1ccccc1. The Labute approximate surface area is 101 Å². The fourth-order valence-corrected chi connectivity index (χ4v) is 1.35. The molecule has 92 valence electrons. The largest absolute Gasteiger partial charge is 0.481 e. The Morgan fingerprint density at radius 3 is 2.35 bits per heavy atom.